The third-order valence-corrected chi connectivity index (χ3v) is 4.25. The number of anilines is 1. The van der Waals surface area contributed by atoms with E-state index in [9.17, 15) is 9.18 Å². The standard InChI is InChI=1S/C18H14FN3O2/c19-14-8-13(9-20-11-14)5-4-12-6-7-17(21-10-12)22-15-2-1-3-16(15)24-18(22)23/h6-11,15-16H,1-3H2. The zero-order chi connectivity index (χ0) is 16.5. The first kappa shape index (κ1) is 14.6. The van der Waals surface area contributed by atoms with Gasteiger partial charge in [0.05, 0.1) is 12.2 Å². The van der Waals surface area contributed by atoms with Crippen LogP contribution < -0.4 is 4.90 Å². The average Bonchev–Trinajstić information content (AvgIpc) is 3.14. The van der Waals surface area contributed by atoms with Crippen LogP contribution in [0.2, 0.25) is 0 Å². The fraction of sp³-hybridized carbons (Fsp3) is 0.278. The van der Waals surface area contributed by atoms with Gasteiger partial charge >= 0.3 is 6.09 Å². The molecule has 3 heterocycles. The molecular weight excluding hydrogens is 309 g/mol. The molecule has 2 aromatic heterocycles. The van der Waals surface area contributed by atoms with Crippen molar-refractivity contribution in [3.63, 3.8) is 0 Å². The summed E-state index contributed by atoms with van der Waals surface area (Å²) in [7, 11) is 0. The summed E-state index contributed by atoms with van der Waals surface area (Å²) >= 11 is 0. The second-order valence-electron chi connectivity index (χ2n) is 5.84. The summed E-state index contributed by atoms with van der Waals surface area (Å²) in [5.74, 6) is 5.90. The molecule has 1 aliphatic carbocycles. The lowest BCUT2D eigenvalue weighted by Crippen LogP contribution is -2.34. The van der Waals surface area contributed by atoms with Crippen LogP contribution in [0.1, 0.15) is 30.4 Å². The molecule has 2 aromatic rings. The van der Waals surface area contributed by atoms with Gasteiger partial charge in [-0.3, -0.25) is 9.88 Å². The van der Waals surface area contributed by atoms with Gasteiger partial charge in [-0.15, -0.1) is 0 Å². The lowest BCUT2D eigenvalue weighted by atomic mass is 10.2. The number of aromatic nitrogens is 2. The molecule has 0 N–H and O–H groups in total. The highest BCUT2D eigenvalue weighted by Gasteiger charge is 2.45. The maximum atomic E-state index is 13.1. The highest BCUT2D eigenvalue weighted by Crippen LogP contribution is 2.35. The van der Waals surface area contributed by atoms with E-state index in [1.54, 1.807) is 23.2 Å². The van der Waals surface area contributed by atoms with E-state index < -0.39 is 5.82 Å². The summed E-state index contributed by atoms with van der Waals surface area (Å²) in [6.45, 7) is 0. The summed E-state index contributed by atoms with van der Waals surface area (Å²) in [6.07, 6.45) is 6.80. The van der Waals surface area contributed by atoms with E-state index in [0.29, 0.717) is 16.9 Å². The molecule has 6 heteroatoms. The number of halogens is 1. The Balaban J connectivity index is 1.54. The van der Waals surface area contributed by atoms with Crippen LogP contribution in [0.5, 0.6) is 0 Å². The SMILES string of the molecule is O=C1OC2CCCC2N1c1ccc(C#Cc2cncc(F)c2)cn1. The van der Waals surface area contributed by atoms with Crippen molar-refractivity contribution >= 4 is 11.9 Å². The second-order valence-corrected chi connectivity index (χ2v) is 5.84. The van der Waals surface area contributed by atoms with Gasteiger partial charge in [-0.2, -0.15) is 0 Å². The molecule has 1 aliphatic heterocycles. The van der Waals surface area contributed by atoms with Gasteiger partial charge in [0.25, 0.3) is 0 Å². The van der Waals surface area contributed by atoms with Crippen LogP contribution in [-0.4, -0.2) is 28.2 Å². The number of fused-ring (bicyclic) bond motifs is 1. The highest BCUT2D eigenvalue weighted by molar-refractivity contribution is 5.89. The second kappa shape index (κ2) is 5.93. The molecule has 2 unspecified atom stereocenters. The van der Waals surface area contributed by atoms with E-state index in [2.05, 4.69) is 21.8 Å². The first-order valence-corrected chi connectivity index (χ1v) is 7.79. The zero-order valence-electron chi connectivity index (χ0n) is 12.8. The average molecular weight is 323 g/mol. The smallest absolute Gasteiger partial charge is 0.416 e. The summed E-state index contributed by atoms with van der Waals surface area (Å²) in [6, 6.07) is 4.95. The van der Waals surface area contributed by atoms with Gasteiger partial charge in [0, 0.05) is 23.5 Å². The normalized spacial score (nSPS) is 21.9. The number of amides is 1. The van der Waals surface area contributed by atoms with Crippen molar-refractivity contribution in [3.8, 4) is 11.8 Å². The Labute approximate surface area is 138 Å². The summed E-state index contributed by atoms with van der Waals surface area (Å²) in [5.41, 5.74) is 1.18. The lowest BCUT2D eigenvalue weighted by Gasteiger charge is -2.18. The Morgan fingerprint density at radius 2 is 2.04 bits per heavy atom. The van der Waals surface area contributed by atoms with Gasteiger partial charge in [0.2, 0.25) is 0 Å². The maximum Gasteiger partial charge on any atom is 0.416 e. The molecular formula is C18H14FN3O2. The van der Waals surface area contributed by atoms with Crippen LogP contribution >= 0.6 is 0 Å². The topological polar surface area (TPSA) is 55.3 Å². The third kappa shape index (κ3) is 2.69. The Morgan fingerprint density at radius 3 is 2.83 bits per heavy atom. The third-order valence-electron chi connectivity index (χ3n) is 4.25. The van der Waals surface area contributed by atoms with Crippen LogP contribution in [-0.2, 0) is 4.74 Å². The highest BCUT2D eigenvalue weighted by atomic mass is 19.1. The fourth-order valence-corrected chi connectivity index (χ4v) is 3.15. The molecule has 120 valence electrons. The fourth-order valence-electron chi connectivity index (χ4n) is 3.15. The maximum absolute atomic E-state index is 13.1. The van der Waals surface area contributed by atoms with Crippen molar-refractivity contribution in [2.45, 2.75) is 31.4 Å². The van der Waals surface area contributed by atoms with Crippen molar-refractivity contribution in [2.24, 2.45) is 0 Å². The van der Waals surface area contributed by atoms with Gasteiger partial charge < -0.3 is 4.74 Å². The number of rotatable bonds is 1. The van der Waals surface area contributed by atoms with E-state index in [1.807, 2.05) is 0 Å². The van der Waals surface area contributed by atoms with E-state index in [0.717, 1.165) is 25.5 Å². The molecule has 0 radical (unpaired) electrons. The summed E-state index contributed by atoms with van der Waals surface area (Å²) in [5, 5.41) is 0. The molecule has 0 aromatic carbocycles. The minimum absolute atomic E-state index is 0.0146. The molecule has 0 spiro atoms. The molecule has 2 fully saturated rings. The molecule has 1 amide bonds. The van der Waals surface area contributed by atoms with E-state index >= 15 is 0 Å². The molecule has 5 nitrogen and oxygen atoms in total. The predicted octanol–water partition coefficient (Wildman–Crippen LogP) is 2.89. The molecule has 2 aliphatic rings. The van der Waals surface area contributed by atoms with E-state index in [1.165, 1.54) is 12.3 Å². The molecule has 4 rings (SSSR count). The number of carbonyl (C=O) groups excluding carboxylic acids is 1. The largest absolute Gasteiger partial charge is 0.444 e. The lowest BCUT2D eigenvalue weighted by molar-refractivity contribution is 0.138. The van der Waals surface area contributed by atoms with Crippen molar-refractivity contribution in [1.82, 2.24) is 9.97 Å². The van der Waals surface area contributed by atoms with Crippen molar-refractivity contribution < 1.29 is 13.9 Å². The first-order chi connectivity index (χ1) is 11.7. The Bertz CT molecular complexity index is 841. The van der Waals surface area contributed by atoms with Crippen molar-refractivity contribution in [2.75, 3.05) is 4.90 Å². The van der Waals surface area contributed by atoms with E-state index in [-0.39, 0.29) is 18.2 Å². The monoisotopic (exact) mass is 323 g/mol. The number of hydrogen-bond donors (Lipinski definition) is 0. The van der Waals surface area contributed by atoms with Crippen LogP contribution in [0.4, 0.5) is 15.0 Å². The van der Waals surface area contributed by atoms with Gasteiger partial charge in [0.1, 0.15) is 17.7 Å². The number of pyridine rings is 2. The van der Waals surface area contributed by atoms with Gasteiger partial charge in [-0.05, 0) is 37.5 Å². The Kier molecular flexibility index (Phi) is 3.62. The van der Waals surface area contributed by atoms with Gasteiger partial charge in [0.15, 0.2) is 0 Å². The Hall–Kier alpha value is -2.94. The zero-order valence-corrected chi connectivity index (χ0v) is 12.8. The number of ether oxygens (including phenoxy) is 1. The number of nitrogens with zero attached hydrogens (tertiary/aromatic N) is 3. The first-order valence-electron chi connectivity index (χ1n) is 7.79. The molecule has 0 bridgehead atoms. The minimum atomic E-state index is -0.422. The number of hydrogen-bond acceptors (Lipinski definition) is 4. The van der Waals surface area contributed by atoms with Crippen LogP contribution in [0.3, 0.4) is 0 Å². The molecule has 1 saturated carbocycles. The van der Waals surface area contributed by atoms with Crippen LogP contribution in [0, 0.1) is 17.7 Å². The predicted molar refractivity (Wildman–Crippen MR) is 84.8 cm³/mol. The van der Waals surface area contributed by atoms with E-state index in [4.69, 9.17) is 4.74 Å². The van der Waals surface area contributed by atoms with Gasteiger partial charge in [-0.25, -0.2) is 14.2 Å². The summed E-state index contributed by atoms with van der Waals surface area (Å²) < 4.78 is 18.4. The summed E-state index contributed by atoms with van der Waals surface area (Å²) in [4.78, 5) is 21.7. The van der Waals surface area contributed by atoms with Crippen molar-refractivity contribution in [1.29, 1.82) is 0 Å². The minimum Gasteiger partial charge on any atom is -0.444 e. The quantitative estimate of drug-likeness (QED) is 0.757. The van der Waals surface area contributed by atoms with Gasteiger partial charge in [-0.1, -0.05) is 11.8 Å². The van der Waals surface area contributed by atoms with Crippen LogP contribution in [0.15, 0.2) is 36.8 Å². The molecule has 1 saturated heterocycles. The Morgan fingerprint density at radius 1 is 1.17 bits per heavy atom. The molecule has 24 heavy (non-hydrogen) atoms. The number of carbonyl (C=O) groups is 1. The van der Waals surface area contributed by atoms with Crippen molar-refractivity contribution in [3.05, 3.63) is 53.7 Å². The molecule has 2 atom stereocenters. The van der Waals surface area contributed by atoms with Crippen LogP contribution in [0.25, 0.3) is 0 Å².